The summed E-state index contributed by atoms with van der Waals surface area (Å²) in [4.78, 5) is 25.6. The predicted molar refractivity (Wildman–Crippen MR) is 79.4 cm³/mol. The van der Waals surface area contributed by atoms with E-state index in [1.54, 1.807) is 24.0 Å². The van der Waals surface area contributed by atoms with Crippen LogP contribution in [0.25, 0.3) is 10.9 Å². The highest BCUT2D eigenvalue weighted by Crippen LogP contribution is 2.28. The minimum atomic E-state index is -1.15. The van der Waals surface area contributed by atoms with Crippen molar-refractivity contribution in [2.24, 2.45) is 0 Å². The highest BCUT2D eigenvalue weighted by molar-refractivity contribution is 5.99. The molecule has 0 saturated carbocycles. The van der Waals surface area contributed by atoms with Gasteiger partial charge in [-0.15, -0.1) is 0 Å². The maximum atomic E-state index is 14.2. The fraction of sp³-hybridized carbons (Fsp3) is 0.375. The van der Waals surface area contributed by atoms with Gasteiger partial charge in [-0.2, -0.15) is 0 Å². The van der Waals surface area contributed by atoms with Gasteiger partial charge >= 0.3 is 5.97 Å². The zero-order valence-electron chi connectivity index (χ0n) is 12.3. The number of aryl methyl sites for hydroxylation is 1. The fourth-order valence-corrected chi connectivity index (χ4v) is 3.17. The highest BCUT2D eigenvalue weighted by Gasteiger charge is 2.25. The number of halogens is 1. The van der Waals surface area contributed by atoms with Crippen molar-refractivity contribution < 1.29 is 19.1 Å². The van der Waals surface area contributed by atoms with E-state index < -0.39 is 11.8 Å². The van der Waals surface area contributed by atoms with Crippen LogP contribution in [0.15, 0.2) is 18.2 Å². The first kappa shape index (κ1) is 14.6. The fourth-order valence-electron chi connectivity index (χ4n) is 3.17. The zero-order valence-corrected chi connectivity index (χ0v) is 12.3. The maximum Gasteiger partial charge on any atom is 0.352 e. The Morgan fingerprint density at radius 2 is 1.95 bits per heavy atom. The van der Waals surface area contributed by atoms with Crippen LogP contribution in [0.1, 0.15) is 28.9 Å². The molecular formula is C16H17FN2O3. The van der Waals surface area contributed by atoms with E-state index in [4.69, 9.17) is 0 Å². The summed E-state index contributed by atoms with van der Waals surface area (Å²) in [5, 5.41) is 9.98. The van der Waals surface area contributed by atoms with Crippen molar-refractivity contribution in [3.8, 4) is 0 Å². The van der Waals surface area contributed by atoms with Crippen LogP contribution in [-0.2, 0) is 11.3 Å². The molecule has 116 valence electrons. The van der Waals surface area contributed by atoms with E-state index in [-0.39, 0.29) is 23.7 Å². The molecule has 0 unspecified atom stereocenters. The second-order valence-corrected chi connectivity index (χ2v) is 5.59. The third-order valence-corrected chi connectivity index (χ3v) is 4.24. The molecule has 0 spiro atoms. The number of carbonyl (C=O) groups is 2. The van der Waals surface area contributed by atoms with Crippen molar-refractivity contribution in [2.45, 2.75) is 26.3 Å². The van der Waals surface area contributed by atoms with Gasteiger partial charge in [0.1, 0.15) is 18.1 Å². The summed E-state index contributed by atoms with van der Waals surface area (Å²) in [6.45, 7) is 2.86. The number of para-hydroxylation sites is 1. The van der Waals surface area contributed by atoms with Crippen LogP contribution in [0.4, 0.5) is 4.39 Å². The van der Waals surface area contributed by atoms with Crippen LogP contribution in [0.5, 0.6) is 0 Å². The number of rotatable bonds is 3. The van der Waals surface area contributed by atoms with E-state index in [9.17, 15) is 19.1 Å². The molecule has 22 heavy (non-hydrogen) atoms. The van der Waals surface area contributed by atoms with Gasteiger partial charge in [0, 0.05) is 18.5 Å². The number of hydrogen-bond donors (Lipinski definition) is 1. The van der Waals surface area contributed by atoms with Crippen LogP contribution >= 0.6 is 0 Å². The number of benzene rings is 1. The quantitative estimate of drug-likeness (QED) is 0.947. The molecule has 0 atom stereocenters. The first-order valence-electron chi connectivity index (χ1n) is 7.29. The molecule has 0 radical (unpaired) electrons. The first-order chi connectivity index (χ1) is 10.5. The number of likely N-dealkylation sites (tertiary alicyclic amines) is 1. The number of carboxylic acids is 1. The Kier molecular flexibility index (Phi) is 3.60. The Morgan fingerprint density at radius 1 is 1.27 bits per heavy atom. The number of aromatic carboxylic acids is 1. The summed E-state index contributed by atoms with van der Waals surface area (Å²) < 4.78 is 15.5. The number of nitrogens with zero attached hydrogens (tertiary/aromatic N) is 2. The number of fused-ring (bicyclic) bond motifs is 1. The highest BCUT2D eigenvalue weighted by atomic mass is 19.1. The Labute approximate surface area is 126 Å². The molecular weight excluding hydrogens is 287 g/mol. The molecule has 1 aliphatic rings. The van der Waals surface area contributed by atoms with E-state index in [0.717, 1.165) is 12.8 Å². The van der Waals surface area contributed by atoms with Gasteiger partial charge < -0.3 is 14.6 Å². The molecule has 0 bridgehead atoms. The van der Waals surface area contributed by atoms with Crippen LogP contribution in [-0.4, -0.2) is 39.5 Å². The lowest BCUT2D eigenvalue weighted by Gasteiger charge is -2.17. The molecule has 1 aliphatic heterocycles. The van der Waals surface area contributed by atoms with Crippen LogP contribution in [0.2, 0.25) is 0 Å². The minimum Gasteiger partial charge on any atom is -0.477 e. The molecule has 5 nitrogen and oxygen atoms in total. The van der Waals surface area contributed by atoms with Crippen molar-refractivity contribution in [3.63, 3.8) is 0 Å². The molecule has 1 aromatic carbocycles. The van der Waals surface area contributed by atoms with Crippen LogP contribution < -0.4 is 0 Å². The normalized spacial score (nSPS) is 14.7. The molecule has 1 aromatic heterocycles. The van der Waals surface area contributed by atoms with Gasteiger partial charge in [-0.1, -0.05) is 12.1 Å². The van der Waals surface area contributed by atoms with Gasteiger partial charge in [0.15, 0.2) is 0 Å². The lowest BCUT2D eigenvalue weighted by Crippen LogP contribution is -2.32. The molecule has 3 rings (SSSR count). The number of amides is 1. The number of carbonyl (C=O) groups excluding carboxylic acids is 1. The number of hydrogen-bond acceptors (Lipinski definition) is 2. The van der Waals surface area contributed by atoms with E-state index in [1.807, 2.05) is 0 Å². The number of carboxylic acid groups (broad SMARTS) is 1. The average molecular weight is 304 g/mol. The van der Waals surface area contributed by atoms with Crippen molar-refractivity contribution in [2.75, 3.05) is 13.1 Å². The smallest absolute Gasteiger partial charge is 0.352 e. The molecule has 1 amide bonds. The third-order valence-electron chi connectivity index (χ3n) is 4.24. The molecule has 6 heteroatoms. The molecule has 1 saturated heterocycles. The average Bonchev–Trinajstić information content (AvgIpc) is 3.07. The van der Waals surface area contributed by atoms with Gasteiger partial charge in [0.05, 0.1) is 5.52 Å². The van der Waals surface area contributed by atoms with E-state index in [2.05, 4.69) is 0 Å². The van der Waals surface area contributed by atoms with Gasteiger partial charge in [-0.05, 0) is 31.4 Å². The first-order valence-corrected chi connectivity index (χ1v) is 7.29. The second kappa shape index (κ2) is 5.44. The molecule has 2 heterocycles. The third kappa shape index (κ3) is 2.24. The lowest BCUT2D eigenvalue weighted by atomic mass is 10.1. The van der Waals surface area contributed by atoms with E-state index in [0.29, 0.717) is 24.0 Å². The summed E-state index contributed by atoms with van der Waals surface area (Å²) >= 11 is 0. The number of aromatic nitrogens is 1. The summed E-state index contributed by atoms with van der Waals surface area (Å²) in [5.74, 6) is -1.83. The molecule has 1 fully saturated rings. The maximum absolute atomic E-state index is 14.2. The van der Waals surface area contributed by atoms with Gasteiger partial charge in [-0.25, -0.2) is 9.18 Å². The van der Waals surface area contributed by atoms with E-state index in [1.165, 1.54) is 10.6 Å². The monoisotopic (exact) mass is 304 g/mol. The molecule has 2 aromatic rings. The molecule has 0 aliphatic carbocycles. The van der Waals surface area contributed by atoms with Crippen molar-refractivity contribution in [1.82, 2.24) is 9.47 Å². The van der Waals surface area contributed by atoms with Gasteiger partial charge in [-0.3, -0.25) is 4.79 Å². The van der Waals surface area contributed by atoms with Gasteiger partial charge in [0.2, 0.25) is 5.91 Å². The largest absolute Gasteiger partial charge is 0.477 e. The van der Waals surface area contributed by atoms with Crippen LogP contribution in [0, 0.1) is 12.7 Å². The summed E-state index contributed by atoms with van der Waals surface area (Å²) in [7, 11) is 0. The Balaban J connectivity index is 2.12. The van der Waals surface area contributed by atoms with Gasteiger partial charge in [0.25, 0.3) is 0 Å². The van der Waals surface area contributed by atoms with Crippen molar-refractivity contribution in [1.29, 1.82) is 0 Å². The van der Waals surface area contributed by atoms with Crippen molar-refractivity contribution in [3.05, 3.63) is 35.3 Å². The Hall–Kier alpha value is -2.37. The summed E-state index contributed by atoms with van der Waals surface area (Å²) in [5.41, 5.74) is 0.647. The second-order valence-electron chi connectivity index (χ2n) is 5.59. The lowest BCUT2D eigenvalue weighted by molar-refractivity contribution is -0.130. The topological polar surface area (TPSA) is 62.5 Å². The zero-order chi connectivity index (χ0) is 15.9. The Morgan fingerprint density at radius 3 is 2.59 bits per heavy atom. The SMILES string of the molecule is Cc1c(C(=O)O)n(CC(=O)N2CCCC2)c2c(F)cccc12. The van der Waals surface area contributed by atoms with E-state index >= 15 is 0 Å². The Bertz CT molecular complexity index is 760. The standard InChI is InChI=1S/C16H17FN2O3/c1-10-11-5-4-6-12(17)15(11)19(14(10)16(21)22)9-13(20)18-7-2-3-8-18/h4-6H,2-3,7-9H2,1H3,(H,21,22). The van der Waals surface area contributed by atoms with Crippen LogP contribution in [0.3, 0.4) is 0 Å². The summed E-state index contributed by atoms with van der Waals surface area (Å²) in [6.07, 6.45) is 1.91. The minimum absolute atomic E-state index is 0.0207. The summed E-state index contributed by atoms with van der Waals surface area (Å²) in [6, 6.07) is 4.50. The van der Waals surface area contributed by atoms with Crippen molar-refractivity contribution >= 4 is 22.8 Å². The predicted octanol–water partition coefficient (Wildman–Crippen LogP) is 2.41. The molecule has 1 N–H and O–H groups in total.